The van der Waals surface area contributed by atoms with Crippen molar-refractivity contribution < 1.29 is 38.7 Å². The van der Waals surface area contributed by atoms with Crippen molar-refractivity contribution in [1.82, 2.24) is 0 Å². The van der Waals surface area contributed by atoms with E-state index >= 15 is 0 Å². The summed E-state index contributed by atoms with van der Waals surface area (Å²) in [4.78, 5) is 24.4. The Kier molecular flexibility index (Phi) is 17.7. The van der Waals surface area contributed by atoms with Gasteiger partial charge >= 0.3 is 11.9 Å². The molecule has 2 aromatic rings. The molecule has 0 radical (unpaired) electrons. The third kappa shape index (κ3) is 15.0. The Morgan fingerprint density at radius 3 is 1.41 bits per heavy atom. The summed E-state index contributed by atoms with van der Waals surface area (Å²) in [5.74, 6) is 0.407. The molecule has 1 aliphatic carbocycles. The molecule has 0 spiro atoms. The highest BCUT2D eigenvalue weighted by molar-refractivity contribution is 5.86. The highest BCUT2D eigenvalue weighted by Crippen LogP contribution is 2.33. The minimum atomic E-state index is -0.949. The molecule has 1 aliphatic rings. The molecule has 0 bridgehead atoms. The normalized spacial score (nSPS) is 17.1. The van der Waals surface area contributed by atoms with E-state index in [1.165, 1.54) is 64.2 Å². The maximum atomic E-state index is 13.0. The first-order valence-corrected chi connectivity index (χ1v) is 18.4. The van der Waals surface area contributed by atoms with Crippen molar-refractivity contribution in [3.05, 3.63) is 71.8 Å². The quantitative estimate of drug-likeness (QED) is 0.152. The molecule has 0 saturated heterocycles. The minimum absolute atomic E-state index is 0.00861. The summed E-state index contributed by atoms with van der Waals surface area (Å²) >= 11 is 0. The van der Waals surface area contributed by atoms with Gasteiger partial charge in [-0.2, -0.15) is 0 Å². The zero-order valence-corrected chi connectivity index (χ0v) is 30.1. The molecule has 0 heterocycles. The Balaban J connectivity index is 1.42. The lowest BCUT2D eigenvalue weighted by Gasteiger charge is -2.26. The van der Waals surface area contributed by atoms with Gasteiger partial charge in [-0.05, 0) is 55.2 Å². The molecular weight excluding hydrogens is 620 g/mol. The summed E-state index contributed by atoms with van der Waals surface area (Å²) < 4.78 is 22.0. The summed E-state index contributed by atoms with van der Waals surface area (Å²) in [6, 6.07) is 15.4. The number of benzene rings is 2. The first-order chi connectivity index (χ1) is 23.6. The van der Waals surface area contributed by atoms with E-state index in [1.807, 2.05) is 48.5 Å². The Hall–Kier alpha value is -3.36. The monoisotopic (exact) mass is 680 g/mol. The molecule has 0 aromatic heterocycles. The highest BCUT2D eigenvalue weighted by atomic mass is 16.6. The average Bonchev–Trinajstić information content (AvgIpc) is 3.11. The number of rotatable bonds is 14. The third-order valence-electron chi connectivity index (χ3n) is 9.40. The molecule has 1 saturated carbocycles. The first-order valence-electron chi connectivity index (χ1n) is 18.4. The van der Waals surface area contributed by atoms with Crippen LogP contribution in [0.5, 0.6) is 11.5 Å². The van der Waals surface area contributed by atoms with Crippen LogP contribution in [0.1, 0.15) is 122 Å². The van der Waals surface area contributed by atoms with Crippen molar-refractivity contribution in [2.24, 2.45) is 5.92 Å². The molecule has 8 nitrogen and oxygen atoms in total. The number of esters is 2. The number of aliphatic hydroxyl groups is 2. The SMILES string of the molecule is C=C(C)C(=O)OCC(O)COc1ccc(C(C)(C)c2ccc(OCC(O)COC(=O)C3CCCCCCCCCCCCCC3)cc2)cc1. The molecule has 0 aliphatic heterocycles. The van der Waals surface area contributed by atoms with E-state index in [-0.39, 0.29) is 49.3 Å². The van der Waals surface area contributed by atoms with Crippen LogP contribution >= 0.6 is 0 Å². The predicted octanol–water partition coefficient (Wildman–Crippen LogP) is 8.25. The Morgan fingerprint density at radius 2 is 1.02 bits per heavy atom. The third-order valence-corrected chi connectivity index (χ3v) is 9.40. The van der Waals surface area contributed by atoms with Gasteiger partial charge in [-0.25, -0.2) is 4.79 Å². The number of hydrogen-bond donors (Lipinski definition) is 2. The van der Waals surface area contributed by atoms with E-state index in [9.17, 15) is 19.8 Å². The molecule has 1 fully saturated rings. The standard InChI is InChI=1S/C41H60O8/c1-31(2)39(44)48-29-35(42)27-46-37-23-19-33(20-24-37)41(3,4)34-21-25-38(26-22-34)47-28-36(43)30-49-40(45)32-17-15-13-11-9-7-5-6-8-10-12-14-16-18-32/h19-26,32,35-36,42-43H,1,5-18,27-30H2,2-4H3. The van der Waals surface area contributed by atoms with Crippen LogP contribution in [0.25, 0.3) is 0 Å². The lowest BCUT2D eigenvalue weighted by atomic mass is 9.78. The smallest absolute Gasteiger partial charge is 0.333 e. The van der Waals surface area contributed by atoms with Gasteiger partial charge in [0.15, 0.2) is 0 Å². The number of carbonyl (C=O) groups is 2. The fourth-order valence-corrected chi connectivity index (χ4v) is 6.10. The second kappa shape index (κ2) is 21.7. The summed E-state index contributed by atoms with van der Waals surface area (Å²) in [6.07, 6.45) is 14.8. The van der Waals surface area contributed by atoms with Gasteiger partial charge in [0.05, 0.1) is 5.92 Å². The van der Waals surface area contributed by atoms with Gasteiger partial charge < -0.3 is 29.2 Å². The maximum Gasteiger partial charge on any atom is 0.333 e. The highest BCUT2D eigenvalue weighted by Gasteiger charge is 2.24. The summed E-state index contributed by atoms with van der Waals surface area (Å²) in [6.45, 7) is 9.12. The Bertz CT molecular complexity index is 1240. The van der Waals surface area contributed by atoms with Gasteiger partial charge in [0.2, 0.25) is 0 Å². The molecule has 2 N–H and O–H groups in total. The zero-order valence-electron chi connectivity index (χ0n) is 30.1. The van der Waals surface area contributed by atoms with Crippen molar-refractivity contribution in [3.63, 3.8) is 0 Å². The van der Waals surface area contributed by atoms with E-state index in [0.29, 0.717) is 11.5 Å². The molecule has 272 valence electrons. The zero-order chi connectivity index (χ0) is 35.5. The van der Waals surface area contributed by atoms with Gasteiger partial charge in [-0.15, -0.1) is 0 Å². The number of carbonyl (C=O) groups excluding carboxylic acids is 2. The molecule has 49 heavy (non-hydrogen) atoms. The summed E-state index contributed by atoms with van der Waals surface area (Å²) in [7, 11) is 0. The van der Waals surface area contributed by atoms with Gasteiger partial charge in [-0.1, -0.05) is 122 Å². The molecule has 2 atom stereocenters. The molecular formula is C41H60O8. The van der Waals surface area contributed by atoms with Gasteiger partial charge in [-0.3, -0.25) is 4.79 Å². The molecule has 8 heteroatoms. The maximum absolute atomic E-state index is 13.0. The van der Waals surface area contributed by atoms with Gasteiger partial charge in [0, 0.05) is 11.0 Å². The number of hydrogen-bond acceptors (Lipinski definition) is 8. The molecule has 2 aromatic carbocycles. The van der Waals surface area contributed by atoms with Crippen LogP contribution in [-0.2, 0) is 24.5 Å². The van der Waals surface area contributed by atoms with Crippen molar-refractivity contribution in [2.45, 2.75) is 128 Å². The number of aliphatic hydroxyl groups excluding tert-OH is 2. The van der Waals surface area contributed by atoms with Crippen LogP contribution in [0.15, 0.2) is 60.7 Å². The van der Waals surface area contributed by atoms with Crippen LogP contribution < -0.4 is 9.47 Å². The van der Waals surface area contributed by atoms with E-state index in [0.717, 1.165) is 36.8 Å². The predicted molar refractivity (Wildman–Crippen MR) is 193 cm³/mol. The topological polar surface area (TPSA) is 112 Å². The number of ether oxygens (including phenoxy) is 4. The largest absolute Gasteiger partial charge is 0.491 e. The van der Waals surface area contributed by atoms with E-state index in [2.05, 4.69) is 20.4 Å². The average molecular weight is 681 g/mol. The molecule has 0 amide bonds. The fraction of sp³-hybridized carbons (Fsp3) is 0.610. The van der Waals surface area contributed by atoms with Crippen LogP contribution in [0.4, 0.5) is 0 Å². The molecule has 2 unspecified atom stereocenters. The van der Waals surface area contributed by atoms with Gasteiger partial charge in [0.1, 0.15) is 50.1 Å². The van der Waals surface area contributed by atoms with Crippen molar-refractivity contribution >= 4 is 11.9 Å². The van der Waals surface area contributed by atoms with Crippen LogP contribution in [0.2, 0.25) is 0 Å². The van der Waals surface area contributed by atoms with E-state index in [1.54, 1.807) is 6.92 Å². The van der Waals surface area contributed by atoms with Crippen LogP contribution in [-0.4, -0.2) is 60.8 Å². The fourth-order valence-electron chi connectivity index (χ4n) is 6.10. The van der Waals surface area contributed by atoms with E-state index < -0.39 is 18.2 Å². The Morgan fingerprint density at radius 1 is 0.653 bits per heavy atom. The van der Waals surface area contributed by atoms with Crippen molar-refractivity contribution in [2.75, 3.05) is 26.4 Å². The van der Waals surface area contributed by atoms with Crippen molar-refractivity contribution in [1.29, 1.82) is 0 Å². The summed E-state index contributed by atoms with van der Waals surface area (Å²) in [5, 5.41) is 20.6. The molecule has 3 rings (SSSR count). The minimum Gasteiger partial charge on any atom is -0.491 e. The lowest BCUT2D eigenvalue weighted by molar-refractivity contribution is -0.152. The second-order valence-electron chi connectivity index (χ2n) is 14.1. The summed E-state index contributed by atoms with van der Waals surface area (Å²) in [5.41, 5.74) is 2.12. The van der Waals surface area contributed by atoms with Crippen molar-refractivity contribution in [3.8, 4) is 11.5 Å². The lowest BCUT2D eigenvalue weighted by Crippen LogP contribution is -2.28. The van der Waals surface area contributed by atoms with Crippen LogP contribution in [0.3, 0.4) is 0 Å². The van der Waals surface area contributed by atoms with Crippen LogP contribution in [0, 0.1) is 5.92 Å². The first kappa shape index (κ1) is 40.1. The second-order valence-corrected chi connectivity index (χ2v) is 14.1. The van der Waals surface area contributed by atoms with E-state index in [4.69, 9.17) is 18.9 Å². The Labute approximate surface area is 294 Å². The van der Waals surface area contributed by atoms with Gasteiger partial charge in [0.25, 0.3) is 0 Å².